The maximum absolute atomic E-state index is 7.39. The van der Waals surface area contributed by atoms with E-state index in [-0.39, 0.29) is 5.84 Å². The van der Waals surface area contributed by atoms with Gasteiger partial charge in [-0.1, -0.05) is 0 Å². The van der Waals surface area contributed by atoms with Crippen molar-refractivity contribution in [2.75, 3.05) is 0 Å². The lowest BCUT2D eigenvalue weighted by Crippen LogP contribution is -2.14. The van der Waals surface area contributed by atoms with E-state index in [4.69, 9.17) is 11.1 Å². The van der Waals surface area contributed by atoms with Crippen molar-refractivity contribution >= 4 is 5.84 Å². The Hall–Kier alpha value is -2.17. The van der Waals surface area contributed by atoms with Crippen LogP contribution in [-0.2, 0) is 0 Å². The molecule has 14 heavy (non-hydrogen) atoms. The lowest BCUT2D eigenvalue weighted by Gasteiger charge is -2.06. The maximum atomic E-state index is 7.39. The zero-order valence-electron chi connectivity index (χ0n) is 7.38. The number of hydrogen-bond acceptors (Lipinski definition) is 3. The van der Waals surface area contributed by atoms with Gasteiger partial charge in [-0.05, 0) is 6.07 Å². The Labute approximate surface area is 80.7 Å². The number of imidazole rings is 1. The molecule has 0 aliphatic rings. The summed E-state index contributed by atoms with van der Waals surface area (Å²) in [5, 5.41) is 7.39. The lowest BCUT2D eigenvalue weighted by atomic mass is 10.2. The fraction of sp³-hybridized carbons (Fsp3) is 0. The molecule has 2 rings (SSSR count). The topological polar surface area (TPSA) is 80.6 Å². The van der Waals surface area contributed by atoms with Crippen LogP contribution in [0.1, 0.15) is 5.56 Å². The van der Waals surface area contributed by atoms with E-state index in [1.54, 1.807) is 41.7 Å². The third-order valence-electron chi connectivity index (χ3n) is 1.87. The van der Waals surface area contributed by atoms with Crippen LogP contribution in [0.2, 0.25) is 0 Å². The number of amidine groups is 1. The summed E-state index contributed by atoms with van der Waals surface area (Å²) in [4.78, 5) is 7.91. The molecule has 3 N–H and O–H groups in total. The van der Waals surface area contributed by atoms with Gasteiger partial charge >= 0.3 is 0 Å². The van der Waals surface area contributed by atoms with Crippen molar-refractivity contribution < 1.29 is 0 Å². The summed E-state index contributed by atoms with van der Waals surface area (Å²) < 4.78 is 1.77. The number of nitrogen functional groups attached to an aromatic ring is 1. The predicted molar refractivity (Wildman–Crippen MR) is 52.4 cm³/mol. The summed E-state index contributed by atoms with van der Waals surface area (Å²) in [5.41, 5.74) is 6.85. The summed E-state index contributed by atoms with van der Waals surface area (Å²) in [5.74, 6) is 0.0242. The van der Waals surface area contributed by atoms with Crippen molar-refractivity contribution in [3.63, 3.8) is 0 Å². The fourth-order valence-electron chi connectivity index (χ4n) is 1.22. The highest BCUT2D eigenvalue weighted by Gasteiger charge is 2.05. The Kier molecular flexibility index (Phi) is 1.98. The molecule has 0 aliphatic carbocycles. The summed E-state index contributed by atoms with van der Waals surface area (Å²) in [7, 11) is 0. The molecule has 0 saturated carbocycles. The zero-order chi connectivity index (χ0) is 9.97. The second-order valence-electron chi connectivity index (χ2n) is 2.78. The van der Waals surface area contributed by atoms with E-state index in [1.165, 1.54) is 0 Å². The number of nitrogens with one attached hydrogen (secondary N) is 1. The van der Waals surface area contributed by atoms with Crippen LogP contribution < -0.4 is 5.73 Å². The quantitative estimate of drug-likeness (QED) is 0.532. The summed E-state index contributed by atoms with van der Waals surface area (Å²) in [6.07, 6.45) is 8.35. The maximum Gasteiger partial charge on any atom is 0.125 e. The molecule has 70 valence electrons. The first-order valence-electron chi connectivity index (χ1n) is 4.06. The number of nitrogens with zero attached hydrogens (tertiary/aromatic N) is 3. The average molecular weight is 187 g/mol. The van der Waals surface area contributed by atoms with Crippen molar-refractivity contribution in [2.24, 2.45) is 5.73 Å². The first-order valence-corrected chi connectivity index (χ1v) is 4.06. The van der Waals surface area contributed by atoms with Crippen molar-refractivity contribution in [1.82, 2.24) is 14.5 Å². The van der Waals surface area contributed by atoms with Crippen LogP contribution in [0, 0.1) is 5.41 Å². The second kappa shape index (κ2) is 3.29. The van der Waals surface area contributed by atoms with Gasteiger partial charge in [0, 0.05) is 24.2 Å². The van der Waals surface area contributed by atoms with E-state index < -0.39 is 0 Å². The molecule has 0 bridgehead atoms. The van der Waals surface area contributed by atoms with Crippen LogP contribution in [0.3, 0.4) is 0 Å². The molecule has 2 heterocycles. The van der Waals surface area contributed by atoms with Crippen molar-refractivity contribution in [1.29, 1.82) is 5.41 Å². The van der Waals surface area contributed by atoms with Gasteiger partial charge in [0.05, 0.1) is 18.2 Å². The minimum absolute atomic E-state index is 0.0242. The van der Waals surface area contributed by atoms with Gasteiger partial charge in [-0.15, -0.1) is 0 Å². The van der Waals surface area contributed by atoms with E-state index in [1.807, 2.05) is 0 Å². The SMILES string of the molecule is N=C(N)c1ccncc1-n1ccnc1. The van der Waals surface area contributed by atoms with Gasteiger partial charge in [-0.2, -0.15) is 0 Å². The number of aromatic nitrogens is 3. The van der Waals surface area contributed by atoms with Crippen LogP contribution in [0.25, 0.3) is 5.69 Å². The van der Waals surface area contributed by atoms with E-state index in [0.717, 1.165) is 5.69 Å². The number of nitrogens with two attached hydrogens (primary N) is 1. The Morgan fingerprint density at radius 1 is 1.36 bits per heavy atom. The van der Waals surface area contributed by atoms with Gasteiger partial charge in [0.1, 0.15) is 5.84 Å². The number of hydrogen-bond donors (Lipinski definition) is 2. The molecule has 2 aromatic rings. The minimum Gasteiger partial charge on any atom is -0.384 e. The fourth-order valence-corrected chi connectivity index (χ4v) is 1.22. The molecule has 2 aromatic heterocycles. The van der Waals surface area contributed by atoms with Gasteiger partial charge in [0.15, 0.2) is 0 Å². The standard InChI is InChI=1S/C9H9N5/c10-9(11)7-1-2-12-5-8(7)14-4-3-13-6-14/h1-6H,(H3,10,11). The van der Waals surface area contributed by atoms with Gasteiger partial charge < -0.3 is 10.3 Å². The zero-order valence-corrected chi connectivity index (χ0v) is 7.38. The van der Waals surface area contributed by atoms with E-state index in [2.05, 4.69) is 9.97 Å². The Balaban J connectivity index is 2.58. The smallest absolute Gasteiger partial charge is 0.125 e. The monoisotopic (exact) mass is 187 g/mol. The molecule has 0 aliphatic heterocycles. The molecule has 5 nitrogen and oxygen atoms in total. The molecular formula is C9H9N5. The first-order chi connectivity index (χ1) is 6.79. The molecule has 0 amide bonds. The Morgan fingerprint density at radius 2 is 2.21 bits per heavy atom. The van der Waals surface area contributed by atoms with E-state index in [0.29, 0.717) is 5.56 Å². The summed E-state index contributed by atoms with van der Waals surface area (Å²) in [6, 6.07) is 1.71. The summed E-state index contributed by atoms with van der Waals surface area (Å²) >= 11 is 0. The number of pyridine rings is 1. The Bertz CT molecular complexity index is 446. The van der Waals surface area contributed by atoms with Crippen LogP contribution in [0.5, 0.6) is 0 Å². The van der Waals surface area contributed by atoms with Crippen LogP contribution in [0.15, 0.2) is 37.2 Å². The van der Waals surface area contributed by atoms with Crippen LogP contribution in [-0.4, -0.2) is 20.4 Å². The Morgan fingerprint density at radius 3 is 2.86 bits per heavy atom. The van der Waals surface area contributed by atoms with Gasteiger partial charge in [-0.3, -0.25) is 10.4 Å². The minimum atomic E-state index is 0.0242. The largest absolute Gasteiger partial charge is 0.384 e. The van der Waals surface area contributed by atoms with Crippen LogP contribution >= 0.6 is 0 Å². The third kappa shape index (κ3) is 1.35. The van der Waals surface area contributed by atoms with Gasteiger partial charge in [0.25, 0.3) is 0 Å². The molecule has 0 spiro atoms. The van der Waals surface area contributed by atoms with Gasteiger partial charge in [-0.25, -0.2) is 4.98 Å². The molecule has 0 saturated heterocycles. The molecule has 5 heteroatoms. The second-order valence-corrected chi connectivity index (χ2v) is 2.78. The van der Waals surface area contributed by atoms with Gasteiger partial charge in [0.2, 0.25) is 0 Å². The molecule has 0 aromatic carbocycles. The lowest BCUT2D eigenvalue weighted by molar-refractivity contribution is 1.03. The average Bonchev–Trinajstić information content (AvgIpc) is 2.70. The first kappa shape index (κ1) is 8.43. The molecule has 0 fully saturated rings. The van der Waals surface area contributed by atoms with E-state index in [9.17, 15) is 0 Å². The molecule has 0 radical (unpaired) electrons. The van der Waals surface area contributed by atoms with Crippen molar-refractivity contribution in [3.8, 4) is 5.69 Å². The number of rotatable bonds is 2. The van der Waals surface area contributed by atoms with Crippen molar-refractivity contribution in [3.05, 3.63) is 42.7 Å². The molecule has 0 atom stereocenters. The highest BCUT2D eigenvalue weighted by Crippen LogP contribution is 2.11. The predicted octanol–water partition coefficient (Wildman–Crippen LogP) is 0.551. The normalized spacial score (nSPS) is 10.0. The van der Waals surface area contributed by atoms with Crippen LogP contribution in [0.4, 0.5) is 0 Å². The highest BCUT2D eigenvalue weighted by atomic mass is 15.0. The molecular weight excluding hydrogens is 178 g/mol. The molecule has 0 unspecified atom stereocenters. The summed E-state index contributed by atoms with van der Waals surface area (Å²) in [6.45, 7) is 0. The van der Waals surface area contributed by atoms with Crippen molar-refractivity contribution in [2.45, 2.75) is 0 Å². The highest BCUT2D eigenvalue weighted by molar-refractivity contribution is 5.98. The third-order valence-corrected chi connectivity index (χ3v) is 1.87. The van der Waals surface area contributed by atoms with E-state index >= 15 is 0 Å².